The van der Waals surface area contributed by atoms with E-state index in [0.29, 0.717) is 18.7 Å². The molecular weight excluding hydrogens is 352 g/mol. The molecule has 0 unspecified atom stereocenters. The number of rotatable bonds is 4. The normalized spacial score (nSPS) is 17.3. The Kier molecular flexibility index (Phi) is 5.37. The molecule has 6 nitrogen and oxygen atoms in total. The third-order valence-electron chi connectivity index (χ3n) is 5.24. The first-order chi connectivity index (χ1) is 13.7. The van der Waals surface area contributed by atoms with Crippen molar-refractivity contribution in [1.82, 2.24) is 20.4 Å². The van der Waals surface area contributed by atoms with Crippen molar-refractivity contribution in [1.29, 1.82) is 0 Å². The van der Waals surface area contributed by atoms with Gasteiger partial charge in [0.1, 0.15) is 0 Å². The van der Waals surface area contributed by atoms with Crippen LogP contribution in [-0.2, 0) is 11.2 Å². The molecule has 4 rings (SSSR count). The maximum absolute atomic E-state index is 12.8. The Hall–Kier alpha value is -3.15. The maximum Gasteiger partial charge on any atom is 0.272 e. The Morgan fingerprint density at radius 1 is 1.07 bits per heavy atom. The van der Waals surface area contributed by atoms with Gasteiger partial charge in [0, 0.05) is 24.5 Å². The van der Waals surface area contributed by atoms with E-state index in [4.69, 9.17) is 0 Å². The number of H-pyrrole nitrogens is 1. The Labute approximate surface area is 163 Å². The maximum atomic E-state index is 12.8. The minimum Gasteiger partial charge on any atom is -0.346 e. The average molecular weight is 376 g/mol. The standard InChI is InChI=1S/C22H24N4O2/c27-20(14-16-8-2-1-3-9-16)26-13-7-6-10-17(15-26)23-22(28)21-18-11-4-5-12-19(18)24-25-21/h1-5,8-9,11-12,17H,6-7,10,13-15H2,(H,23,28)(H,24,25)/t17-/m1/s1. The SMILES string of the molecule is O=C(N[C@@H]1CCCCN(C(=O)Cc2ccccc2)C1)c1n[nH]c2ccccc12. The zero-order chi connectivity index (χ0) is 19.3. The first-order valence-electron chi connectivity index (χ1n) is 9.76. The molecule has 0 bridgehead atoms. The number of carbonyl (C=O) groups excluding carboxylic acids is 2. The van der Waals surface area contributed by atoms with Crippen LogP contribution in [0.1, 0.15) is 35.3 Å². The summed E-state index contributed by atoms with van der Waals surface area (Å²) in [7, 11) is 0. The summed E-state index contributed by atoms with van der Waals surface area (Å²) in [4.78, 5) is 27.4. The molecule has 1 saturated heterocycles. The monoisotopic (exact) mass is 376 g/mol. The molecule has 1 aliphatic heterocycles. The van der Waals surface area contributed by atoms with Gasteiger partial charge in [0.05, 0.1) is 11.9 Å². The Morgan fingerprint density at radius 3 is 2.71 bits per heavy atom. The van der Waals surface area contributed by atoms with Crippen LogP contribution in [0.5, 0.6) is 0 Å². The van der Waals surface area contributed by atoms with Gasteiger partial charge in [-0.2, -0.15) is 5.10 Å². The quantitative estimate of drug-likeness (QED) is 0.735. The number of benzene rings is 2. The van der Waals surface area contributed by atoms with E-state index in [1.165, 1.54) is 0 Å². The second-order valence-corrected chi connectivity index (χ2v) is 7.29. The second kappa shape index (κ2) is 8.25. The number of amides is 2. The van der Waals surface area contributed by atoms with Gasteiger partial charge in [-0.25, -0.2) is 0 Å². The lowest BCUT2D eigenvalue weighted by Crippen LogP contribution is -2.45. The van der Waals surface area contributed by atoms with Crippen molar-refractivity contribution in [2.75, 3.05) is 13.1 Å². The van der Waals surface area contributed by atoms with Crippen molar-refractivity contribution >= 4 is 22.7 Å². The third kappa shape index (κ3) is 4.06. The Balaban J connectivity index is 1.42. The van der Waals surface area contributed by atoms with Gasteiger partial charge in [-0.05, 0) is 30.9 Å². The van der Waals surface area contributed by atoms with E-state index in [0.717, 1.165) is 42.3 Å². The second-order valence-electron chi connectivity index (χ2n) is 7.29. The number of likely N-dealkylation sites (tertiary alicyclic amines) is 1. The number of nitrogens with one attached hydrogen (secondary N) is 2. The number of aromatic amines is 1. The lowest BCUT2D eigenvalue weighted by atomic mass is 10.1. The summed E-state index contributed by atoms with van der Waals surface area (Å²) < 4.78 is 0. The van der Waals surface area contributed by atoms with Gasteiger partial charge in [0.15, 0.2) is 5.69 Å². The van der Waals surface area contributed by atoms with Crippen LogP contribution in [0.4, 0.5) is 0 Å². The average Bonchev–Trinajstić information content (AvgIpc) is 3.01. The van der Waals surface area contributed by atoms with E-state index in [-0.39, 0.29) is 17.9 Å². The molecule has 1 atom stereocenters. The third-order valence-corrected chi connectivity index (χ3v) is 5.24. The van der Waals surface area contributed by atoms with Crippen molar-refractivity contribution in [3.8, 4) is 0 Å². The van der Waals surface area contributed by atoms with Crippen molar-refractivity contribution in [3.05, 3.63) is 65.9 Å². The van der Waals surface area contributed by atoms with Crippen LogP contribution < -0.4 is 5.32 Å². The van der Waals surface area contributed by atoms with E-state index in [2.05, 4.69) is 15.5 Å². The predicted octanol–water partition coefficient (Wildman–Crippen LogP) is 2.92. The molecule has 2 N–H and O–H groups in total. The van der Waals surface area contributed by atoms with Gasteiger partial charge >= 0.3 is 0 Å². The van der Waals surface area contributed by atoms with Crippen LogP contribution in [0.25, 0.3) is 10.9 Å². The molecule has 1 aromatic heterocycles. The van der Waals surface area contributed by atoms with E-state index >= 15 is 0 Å². The van der Waals surface area contributed by atoms with Gasteiger partial charge in [-0.3, -0.25) is 14.7 Å². The number of para-hydroxylation sites is 1. The number of nitrogens with zero attached hydrogens (tertiary/aromatic N) is 2. The summed E-state index contributed by atoms with van der Waals surface area (Å²) >= 11 is 0. The molecule has 0 spiro atoms. The van der Waals surface area contributed by atoms with E-state index in [1.54, 1.807) is 0 Å². The number of fused-ring (bicyclic) bond motifs is 1. The fraction of sp³-hybridized carbons (Fsp3) is 0.318. The molecule has 6 heteroatoms. The fourth-order valence-electron chi connectivity index (χ4n) is 3.76. The van der Waals surface area contributed by atoms with Crippen LogP contribution in [-0.4, -0.2) is 46.0 Å². The number of hydrogen-bond acceptors (Lipinski definition) is 3. The lowest BCUT2D eigenvalue weighted by molar-refractivity contribution is -0.130. The Bertz CT molecular complexity index is 967. The lowest BCUT2D eigenvalue weighted by Gasteiger charge is -2.25. The predicted molar refractivity (Wildman–Crippen MR) is 108 cm³/mol. The topological polar surface area (TPSA) is 78.1 Å². The van der Waals surface area contributed by atoms with Gasteiger partial charge in [0.2, 0.25) is 5.91 Å². The van der Waals surface area contributed by atoms with E-state index in [9.17, 15) is 9.59 Å². The van der Waals surface area contributed by atoms with Gasteiger partial charge in [0.25, 0.3) is 5.91 Å². The minimum absolute atomic E-state index is 0.0646. The zero-order valence-corrected chi connectivity index (χ0v) is 15.7. The smallest absolute Gasteiger partial charge is 0.272 e. The molecular formula is C22H24N4O2. The summed E-state index contributed by atoms with van der Waals surface area (Å²) in [5, 5.41) is 11.0. The molecule has 0 aliphatic carbocycles. The Morgan fingerprint density at radius 2 is 1.86 bits per heavy atom. The molecule has 1 aliphatic rings. The van der Waals surface area contributed by atoms with E-state index in [1.807, 2.05) is 59.5 Å². The largest absolute Gasteiger partial charge is 0.346 e. The molecule has 2 heterocycles. The highest BCUT2D eigenvalue weighted by molar-refractivity contribution is 6.04. The van der Waals surface area contributed by atoms with Crippen molar-refractivity contribution in [2.45, 2.75) is 31.7 Å². The van der Waals surface area contributed by atoms with Gasteiger partial charge in [-0.1, -0.05) is 48.5 Å². The molecule has 2 aromatic carbocycles. The molecule has 3 aromatic rings. The van der Waals surface area contributed by atoms with Gasteiger partial charge < -0.3 is 10.2 Å². The highest BCUT2D eigenvalue weighted by Gasteiger charge is 2.25. The summed E-state index contributed by atoms with van der Waals surface area (Å²) in [5.74, 6) is -0.0858. The summed E-state index contributed by atoms with van der Waals surface area (Å²) in [6.45, 7) is 1.28. The van der Waals surface area contributed by atoms with Crippen LogP contribution in [0.15, 0.2) is 54.6 Å². The first-order valence-corrected chi connectivity index (χ1v) is 9.76. The molecule has 0 radical (unpaired) electrons. The molecule has 2 amide bonds. The number of aromatic nitrogens is 2. The molecule has 0 saturated carbocycles. The zero-order valence-electron chi connectivity index (χ0n) is 15.7. The summed E-state index contributed by atoms with van der Waals surface area (Å²) in [6.07, 6.45) is 3.20. The van der Waals surface area contributed by atoms with Crippen LogP contribution in [0.2, 0.25) is 0 Å². The van der Waals surface area contributed by atoms with Crippen molar-refractivity contribution in [2.24, 2.45) is 0 Å². The first kappa shape index (κ1) is 18.2. The molecule has 28 heavy (non-hydrogen) atoms. The highest BCUT2D eigenvalue weighted by atomic mass is 16.2. The minimum atomic E-state index is -0.195. The van der Waals surface area contributed by atoms with Crippen LogP contribution in [0, 0.1) is 0 Å². The summed E-state index contributed by atoms with van der Waals surface area (Å²) in [6, 6.07) is 17.3. The van der Waals surface area contributed by atoms with Crippen LogP contribution in [0.3, 0.4) is 0 Å². The highest BCUT2D eigenvalue weighted by Crippen LogP contribution is 2.17. The van der Waals surface area contributed by atoms with Crippen molar-refractivity contribution < 1.29 is 9.59 Å². The fourth-order valence-corrected chi connectivity index (χ4v) is 3.76. The van der Waals surface area contributed by atoms with Crippen LogP contribution >= 0.6 is 0 Å². The van der Waals surface area contributed by atoms with Crippen molar-refractivity contribution in [3.63, 3.8) is 0 Å². The number of hydrogen-bond donors (Lipinski definition) is 2. The number of carbonyl (C=O) groups is 2. The summed E-state index contributed by atoms with van der Waals surface area (Å²) in [5.41, 5.74) is 2.26. The van der Waals surface area contributed by atoms with E-state index < -0.39 is 0 Å². The van der Waals surface area contributed by atoms with Gasteiger partial charge in [-0.15, -0.1) is 0 Å². The molecule has 1 fully saturated rings. The molecule has 144 valence electrons.